The van der Waals surface area contributed by atoms with Gasteiger partial charge in [-0.3, -0.25) is 0 Å². The first-order chi connectivity index (χ1) is 11.2. The number of para-hydroxylation sites is 3. The lowest BCUT2D eigenvalue weighted by Crippen LogP contribution is -2.43. The van der Waals surface area contributed by atoms with Crippen molar-refractivity contribution in [2.24, 2.45) is 0 Å². The number of quaternary nitrogens is 1. The second-order valence-electron chi connectivity index (χ2n) is 5.37. The maximum Gasteiger partial charge on any atom is 0.360 e. The van der Waals surface area contributed by atoms with Crippen molar-refractivity contribution in [2.75, 3.05) is 6.54 Å². The topological polar surface area (TPSA) is 37.3 Å². The summed E-state index contributed by atoms with van der Waals surface area (Å²) in [6, 6.07) is 29.3. The second kappa shape index (κ2) is 6.46. The SMILES string of the molecule is O=C(O)C[N+](c1ccccc1)(c1ccccc1)c1ccccc1. The molecule has 0 heterocycles. The highest BCUT2D eigenvalue weighted by Gasteiger charge is 2.38. The van der Waals surface area contributed by atoms with Crippen molar-refractivity contribution >= 4 is 23.0 Å². The fourth-order valence-corrected chi connectivity index (χ4v) is 2.97. The van der Waals surface area contributed by atoms with E-state index in [4.69, 9.17) is 0 Å². The minimum absolute atomic E-state index is 0.0575. The van der Waals surface area contributed by atoms with Gasteiger partial charge < -0.3 is 5.11 Å². The molecule has 3 aromatic carbocycles. The molecule has 0 aliphatic rings. The quantitative estimate of drug-likeness (QED) is 0.691. The second-order valence-corrected chi connectivity index (χ2v) is 5.37. The molecule has 1 N–H and O–H groups in total. The van der Waals surface area contributed by atoms with Crippen LogP contribution in [0.3, 0.4) is 0 Å². The van der Waals surface area contributed by atoms with E-state index in [-0.39, 0.29) is 11.0 Å². The summed E-state index contributed by atoms with van der Waals surface area (Å²) in [4.78, 5) is 11.7. The van der Waals surface area contributed by atoms with E-state index in [0.717, 1.165) is 17.1 Å². The molecule has 0 spiro atoms. The summed E-state index contributed by atoms with van der Waals surface area (Å²) in [6.07, 6.45) is 0. The zero-order chi connectivity index (χ0) is 16.1. The van der Waals surface area contributed by atoms with Gasteiger partial charge in [-0.25, -0.2) is 9.28 Å². The molecule has 23 heavy (non-hydrogen) atoms. The number of rotatable bonds is 5. The number of aliphatic carboxylic acids is 1. The Bertz CT molecular complexity index is 674. The first-order valence-corrected chi connectivity index (χ1v) is 7.50. The Morgan fingerprint density at radius 2 is 0.957 bits per heavy atom. The van der Waals surface area contributed by atoms with Crippen LogP contribution in [-0.2, 0) is 4.79 Å². The zero-order valence-corrected chi connectivity index (χ0v) is 12.7. The van der Waals surface area contributed by atoms with Crippen LogP contribution in [0, 0.1) is 0 Å². The zero-order valence-electron chi connectivity index (χ0n) is 12.7. The molecule has 0 bridgehead atoms. The Morgan fingerprint density at radius 3 is 1.22 bits per heavy atom. The van der Waals surface area contributed by atoms with E-state index in [2.05, 4.69) is 0 Å². The lowest BCUT2D eigenvalue weighted by Gasteiger charge is -2.35. The van der Waals surface area contributed by atoms with Crippen molar-refractivity contribution < 1.29 is 9.90 Å². The van der Waals surface area contributed by atoms with Crippen LogP contribution in [0.15, 0.2) is 91.0 Å². The van der Waals surface area contributed by atoms with E-state index < -0.39 is 5.97 Å². The Morgan fingerprint density at radius 1 is 0.652 bits per heavy atom. The predicted octanol–water partition coefficient (Wildman–Crippen LogP) is 4.74. The van der Waals surface area contributed by atoms with Crippen molar-refractivity contribution in [3.63, 3.8) is 0 Å². The molecule has 0 amide bonds. The maximum atomic E-state index is 11.7. The van der Waals surface area contributed by atoms with Crippen LogP contribution in [-0.4, -0.2) is 17.6 Å². The summed E-state index contributed by atoms with van der Waals surface area (Å²) >= 11 is 0. The number of hydrogen-bond acceptors (Lipinski definition) is 1. The summed E-state index contributed by atoms with van der Waals surface area (Å²) < 4.78 is 0.151. The standard InChI is InChI=1S/C20H17NO2/c22-20(23)16-21(17-10-4-1-5-11-17,18-12-6-2-7-13-18)19-14-8-3-9-15-19/h1-15H,16H2/p+1. The van der Waals surface area contributed by atoms with E-state index in [1.807, 2.05) is 91.0 Å². The first-order valence-electron chi connectivity index (χ1n) is 7.50. The predicted molar refractivity (Wildman–Crippen MR) is 92.9 cm³/mol. The molecule has 114 valence electrons. The largest absolute Gasteiger partial charge is 0.477 e. The smallest absolute Gasteiger partial charge is 0.360 e. The summed E-state index contributed by atoms with van der Waals surface area (Å²) in [5, 5.41) is 9.62. The highest BCUT2D eigenvalue weighted by molar-refractivity contribution is 5.81. The molecule has 0 aromatic heterocycles. The molecule has 3 aromatic rings. The fraction of sp³-hybridized carbons (Fsp3) is 0.0500. The molecule has 0 saturated heterocycles. The molecule has 3 nitrogen and oxygen atoms in total. The van der Waals surface area contributed by atoms with Gasteiger partial charge in [0.25, 0.3) is 0 Å². The van der Waals surface area contributed by atoms with Crippen LogP contribution in [0.2, 0.25) is 0 Å². The number of carbonyl (C=O) groups is 1. The van der Waals surface area contributed by atoms with E-state index >= 15 is 0 Å². The van der Waals surface area contributed by atoms with E-state index in [1.54, 1.807) is 0 Å². The molecule has 3 rings (SSSR count). The van der Waals surface area contributed by atoms with Gasteiger partial charge >= 0.3 is 5.97 Å². The van der Waals surface area contributed by atoms with Crippen LogP contribution in [0.4, 0.5) is 17.1 Å². The molecule has 0 aliphatic carbocycles. The third kappa shape index (κ3) is 2.87. The third-order valence-electron chi connectivity index (χ3n) is 3.96. The first kappa shape index (κ1) is 15.0. The lowest BCUT2D eigenvalue weighted by molar-refractivity contribution is -0.136. The molecule has 0 radical (unpaired) electrons. The van der Waals surface area contributed by atoms with Gasteiger partial charge in [0.05, 0.1) is 0 Å². The Balaban J connectivity index is 2.32. The Hall–Kier alpha value is -2.91. The van der Waals surface area contributed by atoms with Gasteiger partial charge in [0.1, 0.15) is 17.1 Å². The van der Waals surface area contributed by atoms with Crippen molar-refractivity contribution in [3.8, 4) is 0 Å². The summed E-state index contributed by atoms with van der Waals surface area (Å²) in [5.74, 6) is -0.846. The van der Waals surface area contributed by atoms with Crippen molar-refractivity contribution in [3.05, 3.63) is 91.0 Å². The normalized spacial score (nSPS) is 11.1. The molecule has 0 unspecified atom stereocenters. The van der Waals surface area contributed by atoms with Gasteiger partial charge in [-0.1, -0.05) is 54.6 Å². The molecular weight excluding hydrogens is 286 g/mol. The Kier molecular flexibility index (Phi) is 4.22. The number of hydrogen-bond donors (Lipinski definition) is 1. The van der Waals surface area contributed by atoms with Gasteiger partial charge in [0.15, 0.2) is 6.54 Å². The minimum atomic E-state index is -0.846. The molecule has 0 atom stereocenters. The van der Waals surface area contributed by atoms with E-state index in [9.17, 15) is 9.90 Å². The lowest BCUT2D eigenvalue weighted by atomic mass is 10.1. The number of carboxylic acids is 1. The Labute approximate surface area is 135 Å². The molecule has 0 saturated carbocycles. The van der Waals surface area contributed by atoms with Gasteiger partial charge in [-0.15, -0.1) is 0 Å². The maximum absolute atomic E-state index is 11.7. The van der Waals surface area contributed by atoms with Crippen LogP contribution in [0.1, 0.15) is 0 Å². The van der Waals surface area contributed by atoms with Crippen LogP contribution in [0.5, 0.6) is 0 Å². The van der Waals surface area contributed by atoms with Gasteiger partial charge in [-0.05, 0) is 36.4 Å². The average Bonchev–Trinajstić information content (AvgIpc) is 2.62. The molecule has 0 aliphatic heterocycles. The van der Waals surface area contributed by atoms with Gasteiger partial charge in [0, 0.05) is 0 Å². The third-order valence-corrected chi connectivity index (χ3v) is 3.96. The number of nitrogens with zero attached hydrogens (tertiary/aromatic N) is 1. The van der Waals surface area contributed by atoms with Crippen LogP contribution in [0.25, 0.3) is 0 Å². The van der Waals surface area contributed by atoms with Crippen molar-refractivity contribution in [1.29, 1.82) is 0 Å². The van der Waals surface area contributed by atoms with Gasteiger partial charge in [-0.2, -0.15) is 0 Å². The highest BCUT2D eigenvalue weighted by Crippen LogP contribution is 2.43. The van der Waals surface area contributed by atoms with Gasteiger partial charge in [0.2, 0.25) is 0 Å². The number of carboxylic acid groups (broad SMARTS) is 1. The van der Waals surface area contributed by atoms with Crippen LogP contribution >= 0.6 is 0 Å². The minimum Gasteiger partial charge on any atom is -0.477 e. The molecule has 3 heteroatoms. The summed E-state index contributed by atoms with van der Waals surface area (Å²) in [5.41, 5.74) is 2.77. The van der Waals surface area contributed by atoms with E-state index in [0.29, 0.717) is 0 Å². The highest BCUT2D eigenvalue weighted by atomic mass is 16.4. The molecule has 0 fully saturated rings. The number of benzene rings is 3. The molecular formula is C20H18NO2+. The van der Waals surface area contributed by atoms with E-state index in [1.165, 1.54) is 0 Å². The monoisotopic (exact) mass is 304 g/mol. The average molecular weight is 304 g/mol. The fourth-order valence-electron chi connectivity index (χ4n) is 2.97. The van der Waals surface area contributed by atoms with Crippen molar-refractivity contribution in [1.82, 2.24) is 4.48 Å². The van der Waals surface area contributed by atoms with Crippen LogP contribution < -0.4 is 4.48 Å². The summed E-state index contributed by atoms with van der Waals surface area (Å²) in [7, 11) is 0. The van der Waals surface area contributed by atoms with Crippen molar-refractivity contribution in [2.45, 2.75) is 0 Å². The summed E-state index contributed by atoms with van der Waals surface area (Å²) in [6.45, 7) is -0.0575.